The highest BCUT2D eigenvalue weighted by Crippen LogP contribution is 2.17. The molecule has 0 fully saturated rings. The zero-order valence-corrected chi connectivity index (χ0v) is 7.62. The van der Waals surface area contributed by atoms with Gasteiger partial charge in [0.15, 0.2) is 5.78 Å². The second kappa shape index (κ2) is 3.50. The number of Topliss-reactive ketones (excluding diaryl/α,β-unsaturated/α-hetero) is 1. The normalized spacial score (nSPS) is 10.1. The number of benzene rings is 1. The summed E-state index contributed by atoms with van der Waals surface area (Å²) in [5.41, 5.74) is 0.783. The van der Waals surface area contributed by atoms with Crippen LogP contribution in [0.2, 0.25) is 0 Å². The molecule has 1 aromatic carbocycles. The van der Waals surface area contributed by atoms with Gasteiger partial charge in [-0.2, -0.15) is 14.8 Å². The minimum Gasteiger partial charge on any atom is -0.293 e. The van der Waals surface area contributed by atoms with Gasteiger partial charge in [-0.3, -0.25) is 9.89 Å². The van der Waals surface area contributed by atoms with Gasteiger partial charge >= 0.3 is 0 Å². The van der Waals surface area contributed by atoms with E-state index in [1.807, 2.05) is 0 Å². The van der Waals surface area contributed by atoms with Crippen LogP contribution in [0, 0.1) is 17.3 Å². The summed E-state index contributed by atoms with van der Waals surface area (Å²) in [5, 5.41) is 14.5. The van der Waals surface area contributed by atoms with Crippen LogP contribution in [0.3, 0.4) is 0 Å². The molecule has 1 aromatic heterocycles. The number of rotatable bonds is 2. The number of hydrogen-bond donors (Lipinski definition) is 1. The van der Waals surface area contributed by atoms with E-state index >= 15 is 0 Å². The van der Waals surface area contributed by atoms with Crippen molar-refractivity contribution >= 4 is 16.7 Å². The molecule has 0 saturated heterocycles. The number of carbonyl (C=O) groups excluding carboxylic acids is 1. The number of aromatic amines is 1. The number of nitriles is 1. The molecular formula is C10H6FN3O. The first kappa shape index (κ1) is 9.34. The largest absolute Gasteiger partial charge is 0.293 e. The Balaban J connectivity index is 2.51. The van der Waals surface area contributed by atoms with Crippen LogP contribution in [0.5, 0.6) is 0 Å². The van der Waals surface area contributed by atoms with Crippen molar-refractivity contribution in [3.8, 4) is 6.07 Å². The number of nitrogens with zero attached hydrogens (tertiary/aromatic N) is 2. The Kier molecular flexibility index (Phi) is 2.18. The first-order valence-corrected chi connectivity index (χ1v) is 4.26. The van der Waals surface area contributed by atoms with Crippen LogP contribution in [-0.2, 0) is 0 Å². The number of ketones is 1. The molecule has 0 radical (unpaired) electrons. The van der Waals surface area contributed by atoms with E-state index in [0.29, 0.717) is 11.1 Å². The van der Waals surface area contributed by atoms with Crippen molar-refractivity contribution < 1.29 is 9.18 Å². The summed E-state index contributed by atoms with van der Waals surface area (Å²) < 4.78 is 13.1. The lowest BCUT2D eigenvalue weighted by Crippen LogP contribution is -1.96. The smallest absolute Gasteiger partial charge is 0.216 e. The number of halogens is 1. The maximum Gasteiger partial charge on any atom is 0.216 e. The number of nitrogens with one attached hydrogen (secondary N) is 1. The summed E-state index contributed by atoms with van der Waals surface area (Å²) in [6.45, 7) is 0. The quantitative estimate of drug-likeness (QED) is 0.756. The molecule has 0 saturated carbocycles. The number of H-pyrrole nitrogens is 1. The number of carbonyl (C=O) groups is 1. The number of fused-ring (bicyclic) bond motifs is 1. The fraction of sp³-hybridized carbons (Fsp3) is 0.100. The lowest BCUT2D eigenvalue weighted by atomic mass is 10.1. The molecule has 0 bridgehead atoms. The maximum atomic E-state index is 13.1. The molecule has 4 nitrogen and oxygen atoms in total. The van der Waals surface area contributed by atoms with Crippen LogP contribution in [-0.4, -0.2) is 16.0 Å². The molecule has 1 N–H and O–H groups in total. The van der Waals surface area contributed by atoms with Gasteiger partial charge in [0.05, 0.1) is 23.4 Å². The van der Waals surface area contributed by atoms with Crippen molar-refractivity contribution in [3.63, 3.8) is 0 Å². The topological polar surface area (TPSA) is 69.5 Å². The summed E-state index contributed by atoms with van der Waals surface area (Å²) in [5.74, 6) is -0.892. The zero-order chi connectivity index (χ0) is 10.8. The van der Waals surface area contributed by atoms with E-state index in [1.165, 1.54) is 12.1 Å². The molecule has 1 heterocycles. The highest BCUT2D eigenvalue weighted by atomic mass is 19.1. The van der Waals surface area contributed by atoms with Crippen molar-refractivity contribution in [1.82, 2.24) is 10.2 Å². The van der Waals surface area contributed by atoms with E-state index in [9.17, 15) is 9.18 Å². The van der Waals surface area contributed by atoms with Crippen LogP contribution in [0.15, 0.2) is 18.2 Å². The van der Waals surface area contributed by atoms with Crippen LogP contribution in [0.25, 0.3) is 10.9 Å². The Morgan fingerprint density at radius 2 is 2.40 bits per heavy atom. The molecule has 15 heavy (non-hydrogen) atoms. The van der Waals surface area contributed by atoms with Gasteiger partial charge in [-0.15, -0.1) is 0 Å². The lowest BCUT2D eigenvalue weighted by Gasteiger charge is -1.95. The fourth-order valence-electron chi connectivity index (χ4n) is 1.33. The summed E-state index contributed by atoms with van der Waals surface area (Å²) in [4.78, 5) is 11.3. The van der Waals surface area contributed by atoms with Gasteiger partial charge in [0.25, 0.3) is 0 Å². The predicted molar refractivity (Wildman–Crippen MR) is 50.6 cm³/mol. The average molecular weight is 203 g/mol. The average Bonchev–Trinajstić information content (AvgIpc) is 2.60. The Morgan fingerprint density at radius 1 is 1.60 bits per heavy atom. The number of aromatic nitrogens is 2. The van der Waals surface area contributed by atoms with E-state index in [1.54, 1.807) is 12.1 Å². The van der Waals surface area contributed by atoms with Gasteiger partial charge in [0.1, 0.15) is 0 Å². The van der Waals surface area contributed by atoms with Gasteiger partial charge in [0.2, 0.25) is 5.95 Å². The summed E-state index contributed by atoms with van der Waals surface area (Å²) in [6.07, 6.45) is -0.203. The first-order valence-electron chi connectivity index (χ1n) is 4.26. The first-order chi connectivity index (χ1) is 7.22. The zero-order valence-electron chi connectivity index (χ0n) is 7.62. The van der Waals surface area contributed by atoms with Gasteiger partial charge in [-0.05, 0) is 18.2 Å². The number of hydrogen-bond acceptors (Lipinski definition) is 3. The van der Waals surface area contributed by atoms with Crippen molar-refractivity contribution in [3.05, 3.63) is 29.7 Å². The highest BCUT2D eigenvalue weighted by Gasteiger charge is 2.09. The third-order valence-corrected chi connectivity index (χ3v) is 2.07. The van der Waals surface area contributed by atoms with Gasteiger partial charge < -0.3 is 0 Å². The molecule has 0 unspecified atom stereocenters. The maximum absolute atomic E-state index is 13.1. The third-order valence-electron chi connectivity index (χ3n) is 2.07. The Hall–Kier alpha value is -2.22. The highest BCUT2D eigenvalue weighted by molar-refractivity contribution is 6.00. The van der Waals surface area contributed by atoms with Crippen LogP contribution < -0.4 is 0 Å². The standard InChI is InChI=1S/C10H6FN3O/c11-10-7-5-6(9(15)3-4-12)1-2-8(7)13-14-10/h1-2,5H,3H2,(H,13,14). The second-order valence-electron chi connectivity index (χ2n) is 3.03. The van der Waals surface area contributed by atoms with E-state index in [2.05, 4.69) is 10.2 Å². The third kappa shape index (κ3) is 1.57. The molecule has 0 aliphatic heterocycles. The molecule has 0 spiro atoms. The Labute approximate surface area is 84.3 Å². The second-order valence-corrected chi connectivity index (χ2v) is 3.03. The van der Waals surface area contributed by atoms with E-state index in [-0.39, 0.29) is 17.6 Å². The SMILES string of the molecule is N#CCC(=O)c1ccc2n[nH]c(F)c2c1. The van der Waals surface area contributed by atoms with E-state index in [0.717, 1.165) is 0 Å². The predicted octanol–water partition coefficient (Wildman–Crippen LogP) is 1.80. The summed E-state index contributed by atoms with van der Waals surface area (Å²) in [7, 11) is 0. The summed E-state index contributed by atoms with van der Waals surface area (Å²) >= 11 is 0. The molecule has 2 rings (SSSR count). The van der Waals surface area contributed by atoms with E-state index in [4.69, 9.17) is 5.26 Å². The minimum atomic E-state index is -0.573. The molecular weight excluding hydrogens is 197 g/mol. The fourth-order valence-corrected chi connectivity index (χ4v) is 1.33. The lowest BCUT2D eigenvalue weighted by molar-refractivity contribution is 0.0998. The molecule has 0 atom stereocenters. The van der Waals surface area contributed by atoms with Gasteiger partial charge in [0, 0.05) is 5.56 Å². The molecule has 0 aliphatic rings. The minimum absolute atomic E-state index is 0.203. The van der Waals surface area contributed by atoms with Crippen LogP contribution >= 0.6 is 0 Å². The van der Waals surface area contributed by atoms with Crippen molar-refractivity contribution in [1.29, 1.82) is 5.26 Å². The molecule has 5 heteroatoms. The molecule has 74 valence electrons. The van der Waals surface area contributed by atoms with Crippen molar-refractivity contribution in [2.75, 3.05) is 0 Å². The van der Waals surface area contributed by atoms with Crippen molar-refractivity contribution in [2.45, 2.75) is 6.42 Å². The van der Waals surface area contributed by atoms with Gasteiger partial charge in [-0.25, -0.2) is 0 Å². The Morgan fingerprint density at radius 3 is 3.13 bits per heavy atom. The van der Waals surface area contributed by atoms with E-state index < -0.39 is 5.95 Å². The monoisotopic (exact) mass is 203 g/mol. The van der Waals surface area contributed by atoms with Crippen LogP contribution in [0.1, 0.15) is 16.8 Å². The van der Waals surface area contributed by atoms with Crippen molar-refractivity contribution in [2.24, 2.45) is 0 Å². The van der Waals surface area contributed by atoms with Crippen LogP contribution in [0.4, 0.5) is 4.39 Å². The molecule has 0 aliphatic carbocycles. The van der Waals surface area contributed by atoms with Gasteiger partial charge in [-0.1, -0.05) is 0 Å². The molecule has 2 aromatic rings. The summed E-state index contributed by atoms with van der Waals surface area (Å²) in [6, 6.07) is 6.22. The molecule has 0 amide bonds. The Bertz CT molecular complexity index is 568.